The Balaban J connectivity index is 3.39. The summed E-state index contributed by atoms with van der Waals surface area (Å²) < 4.78 is 6.44. The van der Waals surface area contributed by atoms with Gasteiger partial charge in [-0.3, -0.25) is 0 Å². The quantitative estimate of drug-likeness (QED) is 0.544. The molecule has 8 heavy (non-hydrogen) atoms. The van der Waals surface area contributed by atoms with Crippen molar-refractivity contribution in [2.24, 2.45) is 0 Å². The van der Waals surface area contributed by atoms with Gasteiger partial charge in [-0.25, -0.2) is 0 Å². The van der Waals surface area contributed by atoms with Crippen LogP contribution in [0.4, 0.5) is 0 Å². The fourth-order valence-electron chi connectivity index (χ4n) is 0.133. The molecular formula is C4H4Br2IO. The predicted molar refractivity (Wildman–Crippen MR) is 50.0 cm³/mol. The van der Waals surface area contributed by atoms with Crippen molar-refractivity contribution < 1.29 is 4.74 Å². The third-order valence-corrected chi connectivity index (χ3v) is 1.57. The molecule has 0 atom stereocenters. The van der Waals surface area contributed by atoms with Crippen LogP contribution in [0.15, 0.2) is 9.84 Å². The molecule has 0 aliphatic rings. The Bertz CT molecular complexity index is 92.0. The Kier molecular flexibility index (Phi) is 5.83. The van der Waals surface area contributed by atoms with E-state index in [1.54, 1.807) is 0 Å². The molecule has 0 fully saturated rings. The maximum atomic E-state index is 5.00. The van der Waals surface area contributed by atoms with Gasteiger partial charge in [-0.15, -0.1) is 0 Å². The smallest absolute Gasteiger partial charge is 0.277 e. The summed E-state index contributed by atoms with van der Waals surface area (Å²) in [5.41, 5.74) is 0. The number of allylic oxidation sites excluding steroid dienone is 1. The number of hydrogen-bond acceptors (Lipinski definition) is 1. The molecule has 0 rings (SSSR count). The average molecular weight is 355 g/mol. The fraction of sp³-hybridized carbons (Fsp3) is 0.250. The van der Waals surface area contributed by atoms with E-state index in [9.17, 15) is 0 Å². The van der Waals surface area contributed by atoms with Crippen LogP contribution in [-0.2, 0) is 4.74 Å². The molecule has 0 bridgehead atoms. The average Bonchev–Trinajstić information content (AvgIpc) is 1.65. The first-order valence-electron chi connectivity index (χ1n) is 1.84. The number of halogens is 3. The van der Waals surface area contributed by atoms with Gasteiger partial charge in [0.25, 0.3) is 3.92 Å². The molecule has 1 radical (unpaired) electrons. The van der Waals surface area contributed by atoms with E-state index in [0.29, 0.717) is 3.92 Å². The van der Waals surface area contributed by atoms with Gasteiger partial charge >= 0.3 is 0 Å². The van der Waals surface area contributed by atoms with E-state index in [2.05, 4.69) is 54.5 Å². The molecular weight excluding hydrogens is 351 g/mol. The summed E-state index contributed by atoms with van der Waals surface area (Å²) in [5, 5.41) is 0. The highest BCUT2D eigenvalue weighted by atomic mass is 127. The van der Waals surface area contributed by atoms with Gasteiger partial charge in [0.1, 0.15) is 0 Å². The number of rotatable bonds is 2. The highest BCUT2D eigenvalue weighted by molar-refractivity contribution is 14.1. The van der Waals surface area contributed by atoms with Gasteiger partial charge < -0.3 is 4.74 Å². The highest BCUT2D eigenvalue weighted by Crippen LogP contribution is 2.25. The second kappa shape index (κ2) is 5.05. The summed E-state index contributed by atoms with van der Waals surface area (Å²) in [6, 6.07) is 0. The number of hydrogen-bond donors (Lipinski definition) is 0. The van der Waals surface area contributed by atoms with Crippen LogP contribution in [0.5, 0.6) is 0 Å². The molecule has 1 nitrogen and oxygen atoms in total. The van der Waals surface area contributed by atoms with E-state index >= 15 is 0 Å². The zero-order valence-electron chi connectivity index (χ0n) is 4.12. The van der Waals surface area contributed by atoms with Gasteiger partial charge in [-0.1, -0.05) is 0 Å². The monoisotopic (exact) mass is 353 g/mol. The van der Waals surface area contributed by atoms with E-state index < -0.39 is 0 Å². The lowest BCUT2D eigenvalue weighted by Crippen LogP contribution is -1.79. The first-order chi connectivity index (χ1) is 3.66. The topological polar surface area (TPSA) is 9.23 Å². The Morgan fingerprint density at radius 3 is 2.25 bits per heavy atom. The van der Waals surface area contributed by atoms with Crippen molar-refractivity contribution >= 4 is 54.5 Å². The van der Waals surface area contributed by atoms with Crippen molar-refractivity contribution in [2.75, 3.05) is 0 Å². The zero-order valence-corrected chi connectivity index (χ0v) is 9.45. The summed E-state index contributed by atoms with van der Waals surface area (Å²) >= 11 is 8.24. The molecule has 4 heteroatoms. The lowest BCUT2D eigenvalue weighted by molar-refractivity contribution is 0.362. The Morgan fingerprint density at radius 2 is 2.12 bits per heavy atom. The molecule has 47 valence electrons. The summed E-state index contributed by atoms with van der Waals surface area (Å²) in [6.45, 7) is 1.91. The molecule has 0 N–H and O–H groups in total. The van der Waals surface area contributed by atoms with E-state index in [1.165, 1.54) is 0 Å². The molecule has 0 aliphatic carbocycles. The van der Waals surface area contributed by atoms with E-state index in [0.717, 1.165) is 3.77 Å². The van der Waals surface area contributed by atoms with Gasteiger partial charge in [0, 0.05) is 0 Å². The van der Waals surface area contributed by atoms with Crippen molar-refractivity contribution in [3.8, 4) is 0 Å². The maximum Gasteiger partial charge on any atom is 0.277 e. The number of ether oxygens (including phenoxy) is 1. The first-order valence-corrected chi connectivity index (χ1v) is 4.51. The minimum absolute atomic E-state index is 0.604. The second-order valence-corrected chi connectivity index (χ2v) is 4.49. The molecule has 0 aromatic heterocycles. The first kappa shape index (κ1) is 9.23. The van der Waals surface area contributed by atoms with E-state index in [4.69, 9.17) is 4.74 Å². The van der Waals surface area contributed by atoms with Gasteiger partial charge in [-0.2, -0.15) is 0 Å². The van der Waals surface area contributed by atoms with E-state index in [1.807, 2.05) is 13.0 Å². The van der Waals surface area contributed by atoms with Crippen molar-refractivity contribution in [1.29, 1.82) is 0 Å². The standard InChI is InChI=1S/C4H4Br2IO/c1-2-3(7)8-4(5)6/h2H,1H3/b3-2-. The summed E-state index contributed by atoms with van der Waals surface area (Å²) in [7, 11) is 0. The van der Waals surface area contributed by atoms with Crippen molar-refractivity contribution in [3.63, 3.8) is 0 Å². The Morgan fingerprint density at radius 1 is 1.62 bits per heavy atom. The second-order valence-electron chi connectivity index (χ2n) is 0.921. The van der Waals surface area contributed by atoms with Crippen LogP contribution in [0.25, 0.3) is 0 Å². The summed E-state index contributed by atoms with van der Waals surface area (Å²) in [6.07, 6.45) is 1.86. The van der Waals surface area contributed by atoms with Gasteiger partial charge in [-0.05, 0) is 67.5 Å². The molecule has 0 amide bonds. The van der Waals surface area contributed by atoms with Crippen LogP contribution >= 0.6 is 54.5 Å². The van der Waals surface area contributed by atoms with Crippen molar-refractivity contribution in [1.82, 2.24) is 0 Å². The molecule has 0 heterocycles. The van der Waals surface area contributed by atoms with Crippen LogP contribution < -0.4 is 0 Å². The van der Waals surface area contributed by atoms with Gasteiger partial charge in [0.05, 0.1) is 0 Å². The fourth-order valence-corrected chi connectivity index (χ4v) is 1.31. The molecule has 0 unspecified atom stereocenters. The van der Waals surface area contributed by atoms with Crippen LogP contribution in [0.2, 0.25) is 0 Å². The van der Waals surface area contributed by atoms with Crippen LogP contribution in [0, 0.1) is 3.92 Å². The maximum absolute atomic E-state index is 5.00. The van der Waals surface area contributed by atoms with Crippen LogP contribution in [0.1, 0.15) is 6.92 Å². The zero-order chi connectivity index (χ0) is 6.57. The van der Waals surface area contributed by atoms with Crippen LogP contribution in [-0.4, -0.2) is 0 Å². The SMILES string of the molecule is C/C=C(/I)O[C](Br)Br. The molecule has 0 spiro atoms. The molecule has 0 saturated carbocycles. The van der Waals surface area contributed by atoms with Crippen LogP contribution in [0.3, 0.4) is 0 Å². The lowest BCUT2D eigenvalue weighted by atomic mass is 10.7. The Hall–Kier alpha value is 1.23. The predicted octanol–water partition coefficient (Wildman–Crippen LogP) is 3.54. The van der Waals surface area contributed by atoms with E-state index in [-0.39, 0.29) is 0 Å². The summed E-state index contributed by atoms with van der Waals surface area (Å²) in [4.78, 5) is 0. The van der Waals surface area contributed by atoms with Gasteiger partial charge in [0.2, 0.25) is 0 Å². The highest BCUT2D eigenvalue weighted by Gasteiger charge is 1.98. The minimum Gasteiger partial charge on any atom is -0.454 e. The lowest BCUT2D eigenvalue weighted by Gasteiger charge is -2.00. The molecule has 0 aliphatic heterocycles. The minimum atomic E-state index is 0.604. The summed E-state index contributed by atoms with van der Waals surface area (Å²) in [5.74, 6) is 0. The van der Waals surface area contributed by atoms with Crippen molar-refractivity contribution in [3.05, 3.63) is 13.8 Å². The normalized spacial score (nSPS) is 12.4. The largest absolute Gasteiger partial charge is 0.454 e. The molecule has 0 aromatic rings. The third kappa shape index (κ3) is 5.37. The Labute approximate surface area is 79.3 Å². The molecule has 0 aromatic carbocycles. The molecule has 0 saturated heterocycles. The third-order valence-electron chi connectivity index (χ3n) is 0.402. The van der Waals surface area contributed by atoms with Crippen molar-refractivity contribution in [2.45, 2.75) is 6.92 Å². The van der Waals surface area contributed by atoms with Gasteiger partial charge in [0.15, 0.2) is 3.77 Å².